The van der Waals surface area contributed by atoms with E-state index in [1.807, 2.05) is 18.2 Å². The Bertz CT molecular complexity index is 388. The first-order valence-electron chi connectivity index (χ1n) is 6.51. The zero-order chi connectivity index (χ0) is 13.1. The quantitative estimate of drug-likeness (QED) is 0.855. The van der Waals surface area contributed by atoms with E-state index in [1.54, 1.807) is 0 Å². The number of hydrogen-bond acceptors (Lipinski definition) is 3. The molecule has 1 unspecified atom stereocenters. The number of piperidine rings is 1. The van der Waals surface area contributed by atoms with Gasteiger partial charge in [-0.25, -0.2) is 0 Å². The average molecular weight is 268 g/mol. The van der Waals surface area contributed by atoms with Gasteiger partial charge in [-0.3, -0.25) is 0 Å². The Balaban J connectivity index is 2.05. The van der Waals surface area contributed by atoms with Crippen LogP contribution in [0.4, 0.5) is 11.4 Å². The highest BCUT2D eigenvalue weighted by Crippen LogP contribution is 2.32. The summed E-state index contributed by atoms with van der Waals surface area (Å²) < 4.78 is 0. The molecule has 4 heteroatoms. The third-order valence-electron chi connectivity index (χ3n) is 3.65. The zero-order valence-corrected chi connectivity index (χ0v) is 12.0. The van der Waals surface area contributed by atoms with Crippen LogP contribution in [0.5, 0.6) is 0 Å². The summed E-state index contributed by atoms with van der Waals surface area (Å²) in [6.07, 6.45) is 2.58. The van der Waals surface area contributed by atoms with E-state index < -0.39 is 0 Å². The number of nitrogens with two attached hydrogens (primary N) is 1. The van der Waals surface area contributed by atoms with Crippen molar-refractivity contribution >= 4 is 23.0 Å². The van der Waals surface area contributed by atoms with Crippen molar-refractivity contribution in [3.63, 3.8) is 0 Å². The number of nitrogens with zero attached hydrogens (tertiary/aromatic N) is 2. The van der Waals surface area contributed by atoms with Gasteiger partial charge in [-0.05, 0) is 44.5 Å². The molecule has 1 aromatic carbocycles. The molecule has 0 radical (unpaired) electrons. The van der Waals surface area contributed by atoms with Crippen molar-refractivity contribution in [3.8, 4) is 0 Å². The number of halogens is 1. The van der Waals surface area contributed by atoms with E-state index in [-0.39, 0.29) is 0 Å². The second-order valence-electron chi connectivity index (χ2n) is 5.33. The van der Waals surface area contributed by atoms with Crippen molar-refractivity contribution in [2.75, 3.05) is 44.4 Å². The van der Waals surface area contributed by atoms with E-state index in [9.17, 15) is 0 Å². The van der Waals surface area contributed by atoms with Gasteiger partial charge in [-0.1, -0.05) is 17.7 Å². The van der Waals surface area contributed by atoms with Crippen LogP contribution in [0.3, 0.4) is 0 Å². The maximum absolute atomic E-state index is 6.24. The van der Waals surface area contributed by atoms with E-state index in [0.29, 0.717) is 5.92 Å². The van der Waals surface area contributed by atoms with E-state index in [0.717, 1.165) is 29.5 Å². The summed E-state index contributed by atoms with van der Waals surface area (Å²) in [4.78, 5) is 4.60. The predicted octanol–water partition coefficient (Wildman–Crippen LogP) is 2.70. The van der Waals surface area contributed by atoms with Gasteiger partial charge in [-0.15, -0.1) is 0 Å². The summed E-state index contributed by atoms with van der Waals surface area (Å²) in [5.41, 5.74) is 7.74. The fraction of sp³-hybridized carbons (Fsp3) is 0.571. The summed E-state index contributed by atoms with van der Waals surface area (Å²) in [6, 6.07) is 5.70. The number of rotatable bonds is 3. The number of likely N-dealkylation sites (tertiary alicyclic amines) is 1. The Kier molecular flexibility index (Phi) is 4.36. The van der Waals surface area contributed by atoms with Crippen LogP contribution in [0.2, 0.25) is 5.02 Å². The largest absolute Gasteiger partial charge is 0.397 e. The second kappa shape index (κ2) is 5.81. The molecule has 2 N–H and O–H groups in total. The molecule has 100 valence electrons. The summed E-state index contributed by atoms with van der Waals surface area (Å²) in [7, 11) is 4.27. The van der Waals surface area contributed by atoms with Crippen LogP contribution in [0, 0.1) is 5.92 Å². The third-order valence-corrected chi connectivity index (χ3v) is 3.96. The summed E-state index contributed by atoms with van der Waals surface area (Å²) >= 11 is 6.24. The number of anilines is 2. The van der Waals surface area contributed by atoms with Crippen LogP contribution in [-0.4, -0.2) is 38.6 Å². The standard InChI is InChI=1S/C14H22ClN3/c1-17-8-4-5-11(9-17)10-18(2)14-12(15)6-3-7-13(14)16/h3,6-7,11H,4-5,8-10,16H2,1-2H3. The van der Waals surface area contributed by atoms with Crippen LogP contribution in [-0.2, 0) is 0 Å². The molecule has 0 aromatic heterocycles. The third kappa shape index (κ3) is 3.09. The maximum atomic E-state index is 6.24. The molecule has 1 saturated heterocycles. The number of hydrogen-bond donors (Lipinski definition) is 1. The molecule has 1 aromatic rings. The van der Waals surface area contributed by atoms with Crippen molar-refractivity contribution in [2.45, 2.75) is 12.8 Å². The van der Waals surface area contributed by atoms with Crippen LogP contribution >= 0.6 is 11.6 Å². The van der Waals surface area contributed by atoms with Crippen LogP contribution in [0.15, 0.2) is 18.2 Å². The smallest absolute Gasteiger partial charge is 0.0786 e. The highest BCUT2D eigenvalue weighted by Gasteiger charge is 2.20. The SMILES string of the molecule is CN1CCCC(CN(C)c2c(N)cccc2Cl)C1. The van der Waals surface area contributed by atoms with Crippen molar-refractivity contribution in [1.29, 1.82) is 0 Å². The Hall–Kier alpha value is -0.930. The van der Waals surface area contributed by atoms with Crippen LogP contribution in [0.25, 0.3) is 0 Å². The van der Waals surface area contributed by atoms with E-state index in [1.165, 1.54) is 19.4 Å². The van der Waals surface area contributed by atoms with Gasteiger partial charge in [0.25, 0.3) is 0 Å². The molecule has 2 rings (SSSR count). The van der Waals surface area contributed by atoms with E-state index in [2.05, 4.69) is 23.9 Å². The molecule has 1 fully saturated rings. The van der Waals surface area contributed by atoms with Gasteiger partial charge < -0.3 is 15.5 Å². The minimum absolute atomic E-state index is 0.699. The van der Waals surface area contributed by atoms with Gasteiger partial charge in [0.1, 0.15) is 0 Å². The highest BCUT2D eigenvalue weighted by atomic mass is 35.5. The first-order chi connectivity index (χ1) is 8.58. The van der Waals surface area contributed by atoms with Crippen molar-refractivity contribution in [2.24, 2.45) is 5.92 Å². The molecule has 0 spiro atoms. The first-order valence-corrected chi connectivity index (χ1v) is 6.89. The highest BCUT2D eigenvalue weighted by molar-refractivity contribution is 6.33. The number of para-hydroxylation sites is 1. The Morgan fingerprint density at radius 1 is 1.50 bits per heavy atom. The van der Waals surface area contributed by atoms with Gasteiger partial charge >= 0.3 is 0 Å². The normalized spacial score (nSPS) is 20.9. The maximum Gasteiger partial charge on any atom is 0.0786 e. The van der Waals surface area contributed by atoms with Gasteiger partial charge in [-0.2, -0.15) is 0 Å². The molecule has 1 heterocycles. The van der Waals surface area contributed by atoms with Gasteiger partial charge in [0.15, 0.2) is 0 Å². The molecule has 0 aliphatic carbocycles. The molecule has 1 atom stereocenters. The van der Waals surface area contributed by atoms with Gasteiger partial charge in [0.2, 0.25) is 0 Å². The van der Waals surface area contributed by atoms with Crippen LogP contribution < -0.4 is 10.6 Å². The minimum Gasteiger partial charge on any atom is -0.397 e. The summed E-state index contributed by atoms with van der Waals surface area (Å²) in [5, 5.41) is 0.738. The lowest BCUT2D eigenvalue weighted by atomic mass is 9.98. The molecule has 1 aliphatic heterocycles. The average Bonchev–Trinajstić information content (AvgIpc) is 2.28. The number of nitrogen functional groups attached to an aromatic ring is 1. The van der Waals surface area contributed by atoms with Crippen molar-refractivity contribution in [3.05, 3.63) is 23.2 Å². The second-order valence-corrected chi connectivity index (χ2v) is 5.74. The summed E-state index contributed by atoms with van der Waals surface area (Å²) in [6.45, 7) is 3.39. The number of benzene rings is 1. The first kappa shape index (κ1) is 13.5. The molecule has 0 bridgehead atoms. The van der Waals surface area contributed by atoms with Crippen molar-refractivity contribution < 1.29 is 0 Å². The molecular weight excluding hydrogens is 246 g/mol. The Morgan fingerprint density at radius 2 is 2.28 bits per heavy atom. The monoisotopic (exact) mass is 267 g/mol. The topological polar surface area (TPSA) is 32.5 Å². The molecule has 18 heavy (non-hydrogen) atoms. The van der Waals surface area contributed by atoms with E-state index >= 15 is 0 Å². The Labute approximate surface area is 115 Å². The van der Waals surface area contributed by atoms with Gasteiger partial charge in [0.05, 0.1) is 16.4 Å². The fourth-order valence-corrected chi connectivity index (χ4v) is 3.16. The van der Waals surface area contributed by atoms with Gasteiger partial charge in [0, 0.05) is 20.1 Å². The molecular formula is C14H22ClN3. The lowest BCUT2D eigenvalue weighted by Crippen LogP contribution is -2.38. The van der Waals surface area contributed by atoms with E-state index in [4.69, 9.17) is 17.3 Å². The van der Waals surface area contributed by atoms with Crippen LogP contribution in [0.1, 0.15) is 12.8 Å². The fourth-order valence-electron chi connectivity index (χ4n) is 2.84. The lowest BCUT2D eigenvalue weighted by molar-refractivity contribution is 0.213. The molecule has 3 nitrogen and oxygen atoms in total. The lowest BCUT2D eigenvalue weighted by Gasteiger charge is -2.33. The molecule has 0 amide bonds. The van der Waals surface area contributed by atoms with Crippen molar-refractivity contribution in [1.82, 2.24) is 4.90 Å². The zero-order valence-electron chi connectivity index (χ0n) is 11.2. The Morgan fingerprint density at radius 3 is 2.94 bits per heavy atom. The molecule has 0 saturated carbocycles. The minimum atomic E-state index is 0.699. The predicted molar refractivity (Wildman–Crippen MR) is 79.4 cm³/mol. The molecule has 1 aliphatic rings. The summed E-state index contributed by atoms with van der Waals surface area (Å²) in [5.74, 6) is 0.699.